The number of nitrogens with zero attached hydrogens (tertiary/aromatic N) is 3. The van der Waals surface area contributed by atoms with Crippen LogP contribution in [0.25, 0.3) is 28.0 Å². The lowest BCUT2D eigenvalue weighted by Crippen LogP contribution is -2.41. The number of fused-ring (bicyclic) bond motifs is 3. The van der Waals surface area contributed by atoms with Crippen LogP contribution < -0.4 is 20.4 Å². The van der Waals surface area contributed by atoms with E-state index < -0.39 is 17.3 Å². The largest absolute Gasteiger partial charge is 0.481 e. The highest BCUT2D eigenvalue weighted by Gasteiger charge is 2.36. The van der Waals surface area contributed by atoms with Crippen molar-refractivity contribution in [3.63, 3.8) is 0 Å². The second-order valence-electron chi connectivity index (χ2n) is 12.3. The average molecular weight is 551 g/mol. The molecule has 0 aliphatic carbocycles. The summed E-state index contributed by atoms with van der Waals surface area (Å²) in [5, 5.41) is 4.33. The molecule has 216 valence electrons. The van der Waals surface area contributed by atoms with E-state index in [0.717, 1.165) is 6.54 Å². The number of likely N-dealkylation sites (N-methyl/N-ethyl adjacent to an activating group) is 2. The van der Waals surface area contributed by atoms with Crippen molar-refractivity contribution in [1.29, 1.82) is 0 Å². The van der Waals surface area contributed by atoms with E-state index in [1.165, 1.54) is 0 Å². The lowest BCUT2D eigenvalue weighted by atomic mass is 9.96. The van der Waals surface area contributed by atoms with Crippen molar-refractivity contribution in [3.8, 4) is 5.75 Å². The summed E-state index contributed by atoms with van der Waals surface area (Å²) in [5.74, 6) is 0.468. The Kier molecular flexibility index (Phi) is 8.19. The maximum atomic E-state index is 14.1. The average Bonchev–Trinajstić information content (AvgIpc) is 2.83. The first kappa shape index (κ1) is 29.4. The number of anilines is 2. The van der Waals surface area contributed by atoms with E-state index >= 15 is 0 Å². The number of nitrogens with one attached hydrogen (secondary N) is 1. The molecular weight excluding hydrogens is 508 g/mol. The maximum absolute atomic E-state index is 14.1. The van der Waals surface area contributed by atoms with E-state index in [0.29, 0.717) is 58.7 Å². The molecule has 0 bridgehead atoms. The van der Waals surface area contributed by atoms with Gasteiger partial charge in [-0.05, 0) is 87.1 Å². The minimum Gasteiger partial charge on any atom is -0.481 e. The van der Waals surface area contributed by atoms with Gasteiger partial charge in [0, 0.05) is 31.7 Å². The molecule has 0 unspecified atom stereocenters. The molecule has 2 aromatic carbocycles. The highest BCUT2D eigenvalue weighted by molar-refractivity contribution is 6.12. The molecule has 0 atom stereocenters. The molecule has 1 amide bonds. The number of carbonyl (C=O) groups is 1. The smallest absolute Gasteiger partial charge is 0.415 e. The molecule has 0 radical (unpaired) electrons. The Morgan fingerprint density at radius 1 is 1.02 bits per heavy atom. The van der Waals surface area contributed by atoms with Crippen LogP contribution in [0, 0.1) is 0 Å². The molecular formula is C31H42N4O5. The predicted octanol–water partition coefficient (Wildman–Crippen LogP) is 5.41. The van der Waals surface area contributed by atoms with Gasteiger partial charge in [-0.25, -0.2) is 4.79 Å². The third kappa shape index (κ3) is 6.26. The number of benzene rings is 2. The van der Waals surface area contributed by atoms with Gasteiger partial charge in [0.05, 0.1) is 16.5 Å². The summed E-state index contributed by atoms with van der Waals surface area (Å²) in [5.41, 5.74) is 0.857. The molecule has 0 fully saturated rings. The summed E-state index contributed by atoms with van der Waals surface area (Å²) >= 11 is 0. The van der Waals surface area contributed by atoms with Crippen LogP contribution in [-0.4, -0.2) is 81.5 Å². The van der Waals surface area contributed by atoms with Crippen LogP contribution in [0.1, 0.15) is 40.2 Å². The lowest BCUT2D eigenvalue weighted by molar-refractivity contribution is 0.0575. The predicted molar refractivity (Wildman–Crippen MR) is 163 cm³/mol. The number of ether oxygens (including phenoxy) is 2. The lowest BCUT2D eigenvalue weighted by Gasteiger charge is -2.35. The van der Waals surface area contributed by atoms with Crippen LogP contribution in [0.2, 0.25) is 0 Å². The van der Waals surface area contributed by atoms with Gasteiger partial charge in [0.15, 0.2) is 11.3 Å². The van der Waals surface area contributed by atoms with Gasteiger partial charge in [-0.15, -0.1) is 0 Å². The van der Waals surface area contributed by atoms with Crippen LogP contribution in [0.5, 0.6) is 5.75 Å². The molecule has 0 spiro atoms. The van der Waals surface area contributed by atoms with Gasteiger partial charge in [0.1, 0.15) is 22.5 Å². The van der Waals surface area contributed by atoms with Gasteiger partial charge in [0.25, 0.3) is 0 Å². The first-order valence-electron chi connectivity index (χ1n) is 13.7. The fourth-order valence-corrected chi connectivity index (χ4v) is 4.60. The zero-order chi connectivity index (χ0) is 29.4. The van der Waals surface area contributed by atoms with Gasteiger partial charge in [-0.1, -0.05) is 12.1 Å². The first-order chi connectivity index (χ1) is 18.7. The zero-order valence-electron chi connectivity index (χ0n) is 25.2. The highest BCUT2D eigenvalue weighted by Crippen LogP contribution is 2.49. The topological polar surface area (TPSA) is 87.5 Å². The van der Waals surface area contributed by atoms with Crippen molar-refractivity contribution in [1.82, 2.24) is 9.80 Å². The third-order valence-electron chi connectivity index (χ3n) is 6.52. The number of amides is 1. The Hall–Kier alpha value is -3.56. The second kappa shape index (κ2) is 11.1. The van der Waals surface area contributed by atoms with Crippen LogP contribution >= 0.6 is 0 Å². The first-order valence-corrected chi connectivity index (χ1v) is 13.7. The molecule has 1 aliphatic heterocycles. The van der Waals surface area contributed by atoms with Crippen molar-refractivity contribution in [2.24, 2.45) is 0 Å². The summed E-state index contributed by atoms with van der Waals surface area (Å²) < 4.78 is 19.0. The van der Waals surface area contributed by atoms with Crippen LogP contribution in [-0.2, 0) is 4.74 Å². The molecule has 3 aromatic rings. The van der Waals surface area contributed by atoms with E-state index in [1.807, 2.05) is 92.0 Å². The van der Waals surface area contributed by atoms with E-state index in [-0.39, 0.29) is 11.0 Å². The molecule has 9 nitrogen and oxygen atoms in total. The van der Waals surface area contributed by atoms with Crippen molar-refractivity contribution in [2.75, 3.05) is 64.6 Å². The quantitative estimate of drug-likeness (QED) is 0.294. The molecule has 1 N–H and O–H groups in total. The minimum atomic E-state index is -0.732. The maximum Gasteiger partial charge on any atom is 0.415 e. The SMILES string of the molecule is CN(C)CCNc1c2c(c(N(CCN(C)C)C(=O)OC(C)(C)C)c3oc4ccccc4c(=O)c13)OC(C)(C)C=C2. The van der Waals surface area contributed by atoms with E-state index in [4.69, 9.17) is 13.9 Å². The minimum absolute atomic E-state index is 0.178. The van der Waals surface area contributed by atoms with Crippen LogP contribution in [0.4, 0.5) is 16.2 Å². The molecule has 1 aliphatic rings. The van der Waals surface area contributed by atoms with Gasteiger partial charge in [-0.2, -0.15) is 0 Å². The molecule has 2 heterocycles. The summed E-state index contributed by atoms with van der Waals surface area (Å²) in [6.45, 7) is 11.6. The molecule has 0 saturated carbocycles. The van der Waals surface area contributed by atoms with E-state index in [1.54, 1.807) is 17.0 Å². The molecule has 0 saturated heterocycles. The molecule has 9 heteroatoms. The number of para-hydroxylation sites is 1. The normalized spacial score (nSPS) is 14.5. The Morgan fingerprint density at radius 3 is 2.35 bits per heavy atom. The summed E-state index contributed by atoms with van der Waals surface area (Å²) in [6, 6.07) is 7.17. The third-order valence-corrected chi connectivity index (χ3v) is 6.52. The van der Waals surface area contributed by atoms with Crippen LogP contribution in [0.15, 0.2) is 39.6 Å². The Labute approximate surface area is 236 Å². The Balaban J connectivity index is 2.12. The molecule has 40 heavy (non-hydrogen) atoms. The fraction of sp³-hybridized carbons (Fsp3) is 0.484. The second-order valence-corrected chi connectivity index (χ2v) is 12.3. The van der Waals surface area contributed by atoms with E-state index in [2.05, 4.69) is 10.2 Å². The number of carbonyl (C=O) groups excluding carboxylic acids is 1. The number of hydrogen-bond donors (Lipinski definition) is 1. The van der Waals surface area contributed by atoms with Gasteiger partial charge >= 0.3 is 6.09 Å². The molecule has 1 aromatic heterocycles. The standard InChI is InChI=1S/C31H42N4O5/c1-30(2,3)40-29(37)35(19-18-34(8)9)25-27-21(14-15-31(4,5)39-27)24(32-16-17-33(6)7)23-26(36)20-12-10-11-13-22(20)38-28(23)25/h10-15,32H,16-19H2,1-9H3. The Bertz CT molecular complexity index is 1500. The summed E-state index contributed by atoms with van der Waals surface area (Å²) in [4.78, 5) is 33.5. The van der Waals surface area contributed by atoms with Gasteiger partial charge < -0.3 is 29.0 Å². The number of hydrogen-bond acceptors (Lipinski definition) is 8. The van der Waals surface area contributed by atoms with E-state index in [9.17, 15) is 9.59 Å². The van der Waals surface area contributed by atoms with Crippen LogP contribution in [0.3, 0.4) is 0 Å². The van der Waals surface area contributed by atoms with Crippen molar-refractivity contribution < 1.29 is 18.7 Å². The fourth-order valence-electron chi connectivity index (χ4n) is 4.60. The Morgan fingerprint density at radius 2 is 1.70 bits per heavy atom. The highest BCUT2D eigenvalue weighted by atomic mass is 16.6. The van der Waals surface area contributed by atoms with Crippen molar-refractivity contribution >= 4 is 45.5 Å². The monoisotopic (exact) mass is 550 g/mol. The van der Waals surface area contributed by atoms with Gasteiger partial charge in [0.2, 0.25) is 5.43 Å². The number of rotatable bonds is 8. The molecule has 4 rings (SSSR count). The van der Waals surface area contributed by atoms with Crippen molar-refractivity contribution in [3.05, 3.63) is 46.1 Å². The van der Waals surface area contributed by atoms with Gasteiger partial charge in [-0.3, -0.25) is 9.69 Å². The zero-order valence-corrected chi connectivity index (χ0v) is 25.2. The summed E-state index contributed by atoms with van der Waals surface area (Å²) in [6.07, 6.45) is 3.38. The van der Waals surface area contributed by atoms with Crippen molar-refractivity contribution in [2.45, 2.75) is 45.8 Å². The summed E-state index contributed by atoms with van der Waals surface area (Å²) in [7, 11) is 7.87.